The topological polar surface area (TPSA) is 46.9 Å². The highest BCUT2D eigenvalue weighted by atomic mass is 35.5. The first-order valence-electron chi connectivity index (χ1n) is 7.19. The highest BCUT2D eigenvalue weighted by Gasteiger charge is 2.31. The predicted molar refractivity (Wildman–Crippen MR) is 84.2 cm³/mol. The zero-order chi connectivity index (χ0) is 15.0. The Hall–Kier alpha value is -1.81. The Morgan fingerprint density at radius 2 is 2.19 bits per heavy atom. The Morgan fingerprint density at radius 1 is 1.43 bits per heavy atom. The van der Waals surface area contributed by atoms with Crippen LogP contribution in [0.25, 0.3) is 0 Å². The molecule has 1 aromatic heterocycles. The molecule has 1 aliphatic rings. The van der Waals surface area contributed by atoms with E-state index in [9.17, 15) is 4.79 Å². The molecule has 1 aromatic carbocycles. The summed E-state index contributed by atoms with van der Waals surface area (Å²) in [6.07, 6.45) is 2.33. The van der Waals surface area contributed by atoms with Crippen LogP contribution >= 0.6 is 11.6 Å². The minimum Gasteiger partial charge on any atom is -0.385 e. The van der Waals surface area contributed by atoms with E-state index in [-0.39, 0.29) is 17.7 Å². The number of fused-ring (bicyclic) bond motifs is 1. The lowest BCUT2D eigenvalue weighted by Crippen LogP contribution is -2.25. The average molecular weight is 304 g/mol. The lowest BCUT2D eigenvalue weighted by Gasteiger charge is -2.26. The Balaban J connectivity index is 2.03. The van der Waals surface area contributed by atoms with Crippen LogP contribution in [-0.4, -0.2) is 22.1 Å². The van der Waals surface area contributed by atoms with Gasteiger partial charge in [-0.15, -0.1) is 0 Å². The number of carbonyl (C=O) groups excluding carboxylic acids is 1. The third-order valence-electron chi connectivity index (χ3n) is 3.87. The van der Waals surface area contributed by atoms with E-state index in [4.69, 9.17) is 11.6 Å². The molecule has 2 heterocycles. The molecule has 1 N–H and O–H groups in total. The number of ketones is 1. The van der Waals surface area contributed by atoms with E-state index in [1.54, 1.807) is 10.9 Å². The van der Waals surface area contributed by atoms with Crippen molar-refractivity contribution in [3.63, 3.8) is 0 Å². The van der Waals surface area contributed by atoms with Gasteiger partial charge in [0.15, 0.2) is 5.78 Å². The second-order valence-corrected chi connectivity index (χ2v) is 6.01. The molecular formula is C16H18ClN3O. The fourth-order valence-corrected chi connectivity index (χ4v) is 3.09. The summed E-state index contributed by atoms with van der Waals surface area (Å²) >= 11 is 6.21. The summed E-state index contributed by atoms with van der Waals surface area (Å²) in [7, 11) is 0. The molecule has 4 nitrogen and oxygen atoms in total. The highest BCUT2D eigenvalue weighted by Crippen LogP contribution is 2.35. The van der Waals surface area contributed by atoms with E-state index in [1.165, 1.54) is 0 Å². The number of anilines is 1. The molecule has 0 spiro atoms. The second kappa shape index (κ2) is 5.53. The number of halogens is 1. The fourth-order valence-electron chi connectivity index (χ4n) is 2.87. The molecule has 21 heavy (non-hydrogen) atoms. The van der Waals surface area contributed by atoms with Crippen LogP contribution in [0.3, 0.4) is 0 Å². The Morgan fingerprint density at radius 3 is 2.95 bits per heavy atom. The fraction of sp³-hybridized carbons (Fsp3) is 0.375. The van der Waals surface area contributed by atoms with E-state index in [0.29, 0.717) is 10.7 Å². The first kappa shape index (κ1) is 14.1. The van der Waals surface area contributed by atoms with Gasteiger partial charge in [0.1, 0.15) is 5.69 Å². The second-order valence-electron chi connectivity index (χ2n) is 5.60. The van der Waals surface area contributed by atoms with Gasteiger partial charge in [-0.05, 0) is 31.9 Å². The zero-order valence-electron chi connectivity index (χ0n) is 12.1. The number of carbonyl (C=O) groups is 1. The number of rotatable bonds is 3. The van der Waals surface area contributed by atoms with Crippen LogP contribution in [0.2, 0.25) is 5.02 Å². The molecule has 110 valence electrons. The normalized spacial score (nSPS) is 17.4. The maximum atomic E-state index is 13.0. The number of benzene rings is 1. The summed E-state index contributed by atoms with van der Waals surface area (Å²) in [5.41, 5.74) is 2.60. The largest absolute Gasteiger partial charge is 0.385 e. The van der Waals surface area contributed by atoms with E-state index in [1.807, 2.05) is 38.1 Å². The van der Waals surface area contributed by atoms with Gasteiger partial charge in [-0.25, -0.2) is 0 Å². The number of nitrogens with one attached hydrogen (secondary N) is 1. The van der Waals surface area contributed by atoms with Crippen molar-refractivity contribution in [2.75, 3.05) is 11.9 Å². The Bertz CT molecular complexity index is 678. The van der Waals surface area contributed by atoms with Gasteiger partial charge < -0.3 is 5.32 Å². The zero-order valence-corrected chi connectivity index (χ0v) is 12.9. The van der Waals surface area contributed by atoms with Gasteiger partial charge in [0.25, 0.3) is 0 Å². The molecule has 1 atom stereocenters. The van der Waals surface area contributed by atoms with Crippen molar-refractivity contribution < 1.29 is 4.79 Å². The van der Waals surface area contributed by atoms with Crippen LogP contribution in [-0.2, 0) is 0 Å². The average Bonchev–Trinajstić information content (AvgIpc) is 2.88. The monoisotopic (exact) mass is 303 g/mol. The van der Waals surface area contributed by atoms with Gasteiger partial charge >= 0.3 is 0 Å². The van der Waals surface area contributed by atoms with Crippen molar-refractivity contribution in [1.29, 1.82) is 0 Å². The summed E-state index contributed by atoms with van der Waals surface area (Å²) in [4.78, 5) is 13.0. The van der Waals surface area contributed by atoms with Crippen LogP contribution in [0.1, 0.15) is 48.3 Å². The first-order chi connectivity index (χ1) is 10.1. The maximum Gasteiger partial charge on any atom is 0.189 e. The minimum atomic E-state index is -0.158. The molecule has 0 saturated heterocycles. The van der Waals surface area contributed by atoms with Gasteiger partial charge in [-0.1, -0.05) is 29.8 Å². The van der Waals surface area contributed by atoms with Crippen molar-refractivity contribution in [1.82, 2.24) is 9.78 Å². The maximum absolute atomic E-state index is 13.0. The molecule has 0 amide bonds. The van der Waals surface area contributed by atoms with Crippen LogP contribution in [0.15, 0.2) is 30.5 Å². The predicted octanol–water partition coefficient (Wildman–Crippen LogP) is 3.90. The molecule has 5 heteroatoms. The molecule has 0 fully saturated rings. The van der Waals surface area contributed by atoms with Gasteiger partial charge in [-0.3, -0.25) is 9.48 Å². The molecule has 0 bridgehead atoms. The SMILES string of the molecule is CC(C)n1ncc(Cl)c1C(=O)C1CCNc2ccccc21. The number of hydrogen-bond acceptors (Lipinski definition) is 3. The molecule has 0 radical (unpaired) electrons. The number of Topliss-reactive ketones (excluding diaryl/α,β-unsaturated/α-hetero) is 1. The van der Waals surface area contributed by atoms with Crippen LogP contribution in [0.4, 0.5) is 5.69 Å². The number of aromatic nitrogens is 2. The van der Waals surface area contributed by atoms with E-state index in [2.05, 4.69) is 10.4 Å². The van der Waals surface area contributed by atoms with E-state index >= 15 is 0 Å². The van der Waals surface area contributed by atoms with Gasteiger partial charge in [0.05, 0.1) is 17.1 Å². The first-order valence-corrected chi connectivity index (χ1v) is 7.57. The Kier molecular flexibility index (Phi) is 3.72. The lowest BCUT2D eigenvalue weighted by molar-refractivity contribution is 0.0943. The number of hydrogen-bond donors (Lipinski definition) is 1. The van der Waals surface area contributed by atoms with Gasteiger partial charge in [0, 0.05) is 18.3 Å². The van der Waals surface area contributed by atoms with Crippen molar-refractivity contribution >= 4 is 23.1 Å². The molecule has 1 aliphatic heterocycles. The third-order valence-corrected chi connectivity index (χ3v) is 4.15. The molecule has 1 unspecified atom stereocenters. The van der Waals surface area contributed by atoms with Crippen molar-refractivity contribution in [2.45, 2.75) is 32.2 Å². The van der Waals surface area contributed by atoms with Gasteiger partial charge in [0.2, 0.25) is 0 Å². The quantitative estimate of drug-likeness (QED) is 0.875. The van der Waals surface area contributed by atoms with Crippen LogP contribution in [0.5, 0.6) is 0 Å². The number of para-hydroxylation sites is 1. The smallest absolute Gasteiger partial charge is 0.189 e. The van der Waals surface area contributed by atoms with Crippen LogP contribution < -0.4 is 5.32 Å². The van der Waals surface area contributed by atoms with Crippen molar-refractivity contribution in [3.8, 4) is 0 Å². The summed E-state index contributed by atoms with van der Waals surface area (Å²) in [5, 5.41) is 8.01. The molecular weight excluding hydrogens is 286 g/mol. The van der Waals surface area contributed by atoms with Crippen LogP contribution in [0, 0.1) is 0 Å². The Labute approximate surface area is 129 Å². The minimum absolute atomic E-state index is 0.0557. The molecule has 3 rings (SSSR count). The lowest BCUT2D eigenvalue weighted by atomic mass is 9.86. The molecule has 2 aromatic rings. The summed E-state index contributed by atoms with van der Waals surface area (Å²) in [6.45, 7) is 4.79. The van der Waals surface area contributed by atoms with Crippen molar-refractivity contribution in [2.24, 2.45) is 0 Å². The third kappa shape index (κ3) is 2.44. The van der Waals surface area contributed by atoms with E-state index < -0.39 is 0 Å². The molecule has 0 saturated carbocycles. The summed E-state index contributed by atoms with van der Waals surface area (Å²) < 4.78 is 1.72. The van der Waals surface area contributed by atoms with Gasteiger partial charge in [-0.2, -0.15) is 5.10 Å². The number of nitrogens with zero attached hydrogens (tertiary/aromatic N) is 2. The van der Waals surface area contributed by atoms with E-state index in [0.717, 1.165) is 24.2 Å². The molecule has 0 aliphatic carbocycles. The highest BCUT2D eigenvalue weighted by molar-refractivity contribution is 6.33. The standard InChI is InChI=1S/C16H18ClN3O/c1-10(2)20-15(13(17)9-19-20)16(21)12-7-8-18-14-6-4-3-5-11(12)14/h3-6,9-10,12,18H,7-8H2,1-2H3. The van der Waals surface area contributed by atoms with Crippen molar-refractivity contribution in [3.05, 3.63) is 46.7 Å². The summed E-state index contributed by atoms with van der Waals surface area (Å²) in [6, 6.07) is 8.07. The summed E-state index contributed by atoms with van der Waals surface area (Å²) in [5.74, 6) is -0.103.